The highest BCUT2D eigenvalue weighted by atomic mass is 14.9. The van der Waals surface area contributed by atoms with E-state index in [0.29, 0.717) is 0 Å². The van der Waals surface area contributed by atoms with E-state index >= 15 is 0 Å². The zero-order valence-electron chi connectivity index (χ0n) is 13.7. The molecular formula is C21H24N2+2. The Bertz CT molecular complexity index is 716. The van der Waals surface area contributed by atoms with Gasteiger partial charge in [0.15, 0.2) is 24.8 Å². The SMILES string of the molecule is CC[n+]1ccc(-c2cc[n+](CCCc3ccccc3)cc2)cc1. The molecule has 1 aromatic carbocycles. The number of aryl methyl sites for hydroxylation is 3. The van der Waals surface area contributed by atoms with Gasteiger partial charge in [0.05, 0.1) is 0 Å². The smallest absolute Gasteiger partial charge is 0.169 e. The largest absolute Gasteiger partial charge is 0.205 e. The van der Waals surface area contributed by atoms with Crippen molar-refractivity contribution in [3.63, 3.8) is 0 Å². The third kappa shape index (κ3) is 4.26. The van der Waals surface area contributed by atoms with Crippen LogP contribution in [0.4, 0.5) is 0 Å². The summed E-state index contributed by atoms with van der Waals surface area (Å²) in [7, 11) is 0. The van der Waals surface area contributed by atoms with Crippen molar-refractivity contribution in [3.8, 4) is 11.1 Å². The van der Waals surface area contributed by atoms with Crippen LogP contribution in [-0.4, -0.2) is 0 Å². The van der Waals surface area contributed by atoms with Gasteiger partial charge in [-0.05, 0) is 30.0 Å². The lowest BCUT2D eigenvalue weighted by Gasteiger charge is -2.02. The predicted molar refractivity (Wildman–Crippen MR) is 92.7 cm³/mol. The van der Waals surface area contributed by atoms with E-state index in [4.69, 9.17) is 0 Å². The van der Waals surface area contributed by atoms with Gasteiger partial charge < -0.3 is 0 Å². The molecule has 0 saturated heterocycles. The van der Waals surface area contributed by atoms with Crippen LogP contribution in [0, 0.1) is 0 Å². The van der Waals surface area contributed by atoms with Gasteiger partial charge in [-0.2, -0.15) is 0 Å². The molecule has 0 fully saturated rings. The minimum absolute atomic E-state index is 1.01. The van der Waals surface area contributed by atoms with Crippen molar-refractivity contribution >= 4 is 0 Å². The molecule has 23 heavy (non-hydrogen) atoms. The number of aromatic nitrogens is 2. The van der Waals surface area contributed by atoms with E-state index < -0.39 is 0 Å². The van der Waals surface area contributed by atoms with Crippen LogP contribution in [-0.2, 0) is 19.5 Å². The Kier molecular flexibility index (Phi) is 5.15. The van der Waals surface area contributed by atoms with Gasteiger partial charge in [0, 0.05) is 30.7 Å². The lowest BCUT2D eigenvalue weighted by atomic mass is 10.1. The second-order valence-electron chi connectivity index (χ2n) is 5.83. The molecule has 0 bridgehead atoms. The Morgan fingerprint density at radius 1 is 0.696 bits per heavy atom. The molecule has 2 heteroatoms. The number of hydrogen-bond acceptors (Lipinski definition) is 0. The maximum absolute atomic E-state index is 2.27. The minimum Gasteiger partial charge on any atom is -0.205 e. The maximum atomic E-state index is 2.27. The summed E-state index contributed by atoms with van der Waals surface area (Å²) < 4.78 is 4.44. The Morgan fingerprint density at radius 3 is 1.83 bits per heavy atom. The minimum atomic E-state index is 1.01. The van der Waals surface area contributed by atoms with Crippen LogP contribution in [0.25, 0.3) is 11.1 Å². The number of pyridine rings is 2. The van der Waals surface area contributed by atoms with Gasteiger partial charge in [0.2, 0.25) is 0 Å². The van der Waals surface area contributed by atoms with E-state index in [9.17, 15) is 0 Å². The molecule has 0 aliphatic heterocycles. The fourth-order valence-corrected chi connectivity index (χ4v) is 2.77. The monoisotopic (exact) mass is 304 g/mol. The highest BCUT2D eigenvalue weighted by molar-refractivity contribution is 5.60. The Morgan fingerprint density at radius 2 is 1.26 bits per heavy atom. The third-order valence-corrected chi connectivity index (χ3v) is 4.21. The third-order valence-electron chi connectivity index (χ3n) is 4.21. The molecular weight excluding hydrogens is 280 g/mol. The van der Waals surface area contributed by atoms with Crippen molar-refractivity contribution in [1.82, 2.24) is 0 Å². The van der Waals surface area contributed by atoms with Gasteiger partial charge in [-0.15, -0.1) is 0 Å². The van der Waals surface area contributed by atoms with E-state index in [1.54, 1.807) is 0 Å². The van der Waals surface area contributed by atoms with Crippen LogP contribution in [0.3, 0.4) is 0 Å². The van der Waals surface area contributed by atoms with Crippen molar-refractivity contribution < 1.29 is 9.13 Å². The van der Waals surface area contributed by atoms with E-state index in [0.717, 1.165) is 25.9 Å². The van der Waals surface area contributed by atoms with Gasteiger partial charge >= 0.3 is 0 Å². The molecule has 0 aliphatic carbocycles. The Hall–Kier alpha value is -2.48. The summed E-state index contributed by atoms with van der Waals surface area (Å²) in [6.45, 7) is 4.22. The number of nitrogens with zero attached hydrogens (tertiary/aromatic N) is 2. The lowest BCUT2D eigenvalue weighted by Crippen LogP contribution is -2.32. The average molecular weight is 304 g/mol. The van der Waals surface area contributed by atoms with Crippen LogP contribution in [0.15, 0.2) is 79.4 Å². The maximum Gasteiger partial charge on any atom is 0.169 e. The summed E-state index contributed by atoms with van der Waals surface area (Å²) >= 11 is 0. The molecule has 0 N–H and O–H groups in total. The molecule has 116 valence electrons. The zero-order chi connectivity index (χ0) is 15.9. The number of benzene rings is 1. The number of hydrogen-bond donors (Lipinski definition) is 0. The van der Waals surface area contributed by atoms with E-state index in [-0.39, 0.29) is 0 Å². The van der Waals surface area contributed by atoms with Crippen LogP contribution in [0.5, 0.6) is 0 Å². The van der Waals surface area contributed by atoms with Gasteiger partial charge in [0.25, 0.3) is 0 Å². The summed E-state index contributed by atoms with van der Waals surface area (Å²) in [5.74, 6) is 0. The molecule has 3 aromatic rings. The first-order valence-corrected chi connectivity index (χ1v) is 8.37. The molecule has 3 rings (SSSR count). The molecule has 0 saturated carbocycles. The van der Waals surface area contributed by atoms with Crippen molar-refractivity contribution in [2.75, 3.05) is 0 Å². The first-order valence-electron chi connectivity index (χ1n) is 8.37. The van der Waals surface area contributed by atoms with E-state index in [1.165, 1.54) is 16.7 Å². The van der Waals surface area contributed by atoms with Crippen LogP contribution < -0.4 is 9.13 Å². The van der Waals surface area contributed by atoms with Gasteiger partial charge in [-0.3, -0.25) is 0 Å². The summed E-state index contributed by atoms with van der Waals surface area (Å²) in [6.07, 6.45) is 10.9. The van der Waals surface area contributed by atoms with Crippen molar-refractivity contribution in [3.05, 3.63) is 84.9 Å². The highest BCUT2D eigenvalue weighted by Gasteiger charge is 2.05. The summed E-state index contributed by atoms with van der Waals surface area (Å²) in [5, 5.41) is 0. The van der Waals surface area contributed by atoms with Gasteiger partial charge in [-0.1, -0.05) is 30.3 Å². The summed E-state index contributed by atoms with van der Waals surface area (Å²) in [4.78, 5) is 0. The second kappa shape index (κ2) is 7.68. The van der Waals surface area contributed by atoms with Gasteiger partial charge in [0.1, 0.15) is 13.1 Å². The van der Waals surface area contributed by atoms with Crippen LogP contribution in [0.1, 0.15) is 18.9 Å². The molecule has 0 radical (unpaired) electrons. The fourth-order valence-electron chi connectivity index (χ4n) is 2.77. The second-order valence-corrected chi connectivity index (χ2v) is 5.83. The number of rotatable bonds is 6. The average Bonchev–Trinajstić information content (AvgIpc) is 2.63. The predicted octanol–water partition coefficient (Wildman–Crippen LogP) is 3.58. The van der Waals surface area contributed by atoms with E-state index in [2.05, 4.69) is 95.4 Å². The molecule has 0 aliphatic rings. The lowest BCUT2D eigenvalue weighted by molar-refractivity contribution is -0.697. The molecule has 0 unspecified atom stereocenters. The molecule has 0 spiro atoms. The topological polar surface area (TPSA) is 7.76 Å². The van der Waals surface area contributed by atoms with Gasteiger partial charge in [-0.25, -0.2) is 9.13 Å². The normalized spacial score (nSPS) is 10.7. The summed E-state index contributed by atoms with van der Waals surface area (Å²) in [6, 6.07) is 19.5. The molecule has 2 nitrogen and oxygen atoms in total. The molecule has 2 heterocycles. The van der Waals surface area contributed by atoms with Crippen molar-refractivity contribution in [1.29, 1.82) is 0 Å². The quantitative estimate of drug-likeness (QED) is 0.615. The molecule has 2 aromatic heterocycles. The first kappa shape index (κ1) is 15.4. The van der Waals surface area contributed by atoms with Crippen molar-refractivity contribution in [2.24, 2.45) is 0 Å². The van der Waals surface area contributed by atoms with E-state index in [1.807, 2.05) is 0 Å². The Labute approximate surface area is 138 Å². The molecule has 0 amide bonds. The van der Waals surface area contributed by atoms with Crippen LogP contribution >= 0.6 is 0 Å². The molecule has 0 atom stereocenters. The summed E-state index contributed by atoms with van der Waals surface area (Å²) in [5.41, 5.74) is 3.96. The van der Waals surface area contributed by atoms with Crippen LogP contribution in [0.2, 0.25) is 0 Å². The standard InChI is InChI=1S/C21H24N2/c1-2-22-15-10-20(11-16-22)21-12-17-23(18-13-21)14-6-9-19-7-4-3-5-8-19/h3-5,7-8,10-13,15-18H,2,6,9,14H2,1H3/q+2. The Balaban J connectivity index is 1.58. The zero-order valence-corrected chi connectivity index (χ0v) is 13.7. The highest BCUT2D eigenvalue weighted by Crippen LogP contribution is 2.15. The van der Waals surface area contributed by atoms with Crippen molar-refractivity contribution in [2.45, 2.75) is 32.9 Å². The first-order chi connectivity index (χ1) is 11.3. The fraction of sp³-hybridized carbons (Fsp3) is 0.238.